The van der Waals surface area contributed by atoms with Crippen LogP contribution in [-0.2, 0) is 14.3 Å². The number of anilines is 1. The third-order valence-corrected chi connectivity index (χ3v) is 5.34. The standard InChI is InChI=1S/C17H21Cl2NO3/c1-10(2)12-7-5-6-11(3)14(12)20-13(21)8-23-15(22)16(4)9-17(16,18)19/h5-7,10H,8-9H2,1-4H3,(H,20,21)/t16-/m1/s1. The van der Waals surface area contributed by atoms with E-state index < -0.39 is 15.7 Å². The van der Waals surface area contributed by atoms with Gasteiger partial charge in [0.05, 0.1) is 0 Å². The number of hydrogen-bond acceptors (Lipinski definition) is 3. The molecule has 1 aliphatic carbocycles. The van der Waals surface area contributed by atoms with E-state index >= 15 is 0 Å². The first-order valence-electron chi connectivity index (χ1n) is 7.53. The minimum absolute atomic E-state index is 0.270. The number of carbonyl (C=O) groups is 2. The fourth-order valence-electron chi connectivity index (χ4n) is 2.43. The molecule has 4 nitrogen and oxygen atoms in total. The van der Waals surface area contributed by atoms with Gasteiger partial charge in [0.25, 0.3) is 5.91 Å². The number of alkyl halides is 2. The third-order valence-electron chi connectivity index (χ3n) is 4.23. The van der Waals surface area contributed by atoms with Crippen molar-refractivity contribution in [2.45, 2.75) is 44.4 Å². The van der Waals surface area contributed by atoms with Gasteiger partial charge in [-0.25, -0.2) is 0 Å². The maximum Gasteiger partial charge on any atom is 0.315 e. The molecule has 0 bridgehead atoms. The van der Waals surface area contributed by atoms with Gasteiger partial charge in [-0.2, -0.15) is 0 Å². The third kappa shape index (κ3) is 3.64. The molecule has 1 atom stereocenters. The van der Waals surface area contributed by atoms with E-state index in [2.05, 4.69) is 19.2 Å². The average molecular weight is 358 g/mol. The van der Waals surface area contributed by atoms with Crippen LogP contribution in [-0.4, -0.2) is 22.8 Å². The SMILES string of the molecule is Cc1cccc(C(C)C)c1NC(=O)COC(=O)[C@@]1(C)CC1(Cl)Cl. The van der Waals surface area contributed by atoms with Crippen LogP contribution in [0.25, 0.3) is 0 Å². The zero-order valence-corrected chi connectivity index (χ0v) is 15.2. The van der Waals surface area contributed by atoms with Gasteiger partial charge in [-0.1, -0.05) is 32.0 Å². The van der Waals surface area contributed by atoms with Crippen LogP contribution in [0, 0.1) is 12.3 Å². The minimum Gasteiger partial charge on any atom is -0.455 e. The summed E-state index contributed by atoms with van der Waals surface area (Å²) in [5, 5.41) is 2.83. The zero-order chi connectivity index (χ0) is 17.4. The molecule has 1 aromatic rings. The summed E-state index contributed by atoms with van der Waals surface area (Å²) in [7, 11) is 0. The predicted octanol–water partition coefficient (Wildman–Crippen LogP) is 4.18. The molecule has 1 fully saturated rings. The minimum atomic E-state index is -1.10. The topological polar surface area (TPSA) is 55.4 Å². The Balaban J connectivity index is 1.98. The van der Waals surface area contributed by atoms with Crippen molar-refractivity contribution in [3.8, 4) is 0 Å². The number of amides is 1. The van der Waals surface area contributed by atoms with Crippen molar-refractivity contribution < 1.29 is 14.3 Å². The van der Waals surface area contributed by atoms with Gasteiger partial charge in [0.2, 0.25) is 0 Å². The smallest absolute Gasteiger partial charge is 0.315 e. The van der Waals surface area contributed by atoms with Crippen LogP contribution >= 0.6 is 23.2 Å². The summed E-state index contributed by atoms with van der Waals surface area (Å²) < 4.78 is 3.96. The summed E-state index contributed by atoms with van der Waals surface area (Å²) in [4.78, 5) is 24.1. The van der Waals surface area contributed by atoms with E-state index in [1.54, 1.807) is 6.92 Å². The van der Waals surface area contributed by atoms with Crippen molar-refractivity contribution in [1.29, 1.82) is 0 Å². The number of esters is 1. The molecule has 0 unspecified atom stereocenters. The monoisotopic (exact) mass is 357 g/mol. The molecule has 0 radical (unpaired) electrons. The quantitative estimate of drug-likeness (QED) is 0.635. The summed E-state index contributed by atoms with van der Waals surface area (Å²) in [6.45, 7) is 7.31. The van der Waals surface area contributed by atoms with Crippen molar-refractivity contribution in [1.82, 2.24) is 0 Å². The number of carbonyl (C=O) groups excluding carboxylic acids is 2. The van der Waals surface area contributed by atoms with Crippen LogP contribution in [0.2, 0.25) is 0 Å². The van der Waals surface area contributed by atoms with Gasteiger partial charge in [-0.3, -0.25) is 9.59 Å². The largest absolute Gasteiger partial charge is 0.455 e. The van der Waals surface area contributed by atoms with Crippen molar-refractivity contribution in [2.24, 2.45) is 5.41 Å². The molecule has 1 N–H and O–H groups in total. The van der Waals surface area contributed by atoms with E-state index in [9.17, 15) is 9.59 Å². The highest BCUT2D eigenvalue weighted by Crippen LogP contribution is 2.64. The van der Waals surface area contributed by atoms with Gasteiger partial charge in [-0.15, -0.1) is 23.2 Å². The van der Waals surface area contributed by atoms with E-state index in [4.69, 9.17) is 27.9 Å². The molecule has 0 saturated heterocycles. The number of halogens is 2. The molecule has 2 rings (SSSR count). The first-order chi connectivity index (χ1) is 10.6. The maximum atomic E-state index is 12.1. The van der Waals surface area contributed by atoms with Crippen molar-refractivity contribution in [2.75, 3.05) is 11.9 Å². The number of aryl methyl sites for hydroxylation is 1. The number of para-hydroxylation sites is 1. The molecule has 126 valence electrons. The highest BCUT2D eigenvalue weighted by atomic mass is 35.5. The van der Waals surface area contributed by atoms with Gasteiger partial charge < -0.3 is 10.1 Å². The molecule has 0 heterocycles. The number of benzene rings is 1. The molecular weight excluding hydrogens is 337 g/mol. The Hall–Kier alpha value is -1.26. The number of nitrogens with one attached hydrogen (secondary N) is 1. The van der Waals surface area contributed by atoms with E-state index in [0.29, 0.717) is 6.42 Å². The highest BCUT2D eigenvalue weighted by Gasteiger charge is 2.69. The second kappa shape index (κ2) is 6.33. The van der Waals surface area contributed by atoms with Gasteiger partial charge >= 0.3 is 5.97 Å². The number of ether oxygens (including phenoxy) is 1. The molecule has 23 heavy (non-hydrogen) atoms. The first-order valence-corrected chi connectivity index (χ1v) is 8.28. The lowest BCUT2D eigenvalue weighted by Gasteiger charge is -2.17. The molecule has 0 aromatic heterocycles. The van der Waals surface area contributed by atoms with Crippen LogP contribution in [0.5, 0.6) is 0 Å². The Morgan fingerprint density at radius 2 is 1.96 bits per heavy atom. The lowest BCUT2D eigenvalue weighted by molar-refractivity contribution is -0.152. The average Bonchev–Trinajstić information content (AvgIpc) is 2.98. The van der Waals surface area contributed by atoms with Crippen molar-refractivity contribution in [3.63, 3.8) is 0 Å². The molecule has 1 saturated carbocycles. The molecule has 1 amide bonds. The molecule has 1 aromatic carbocycles. The van der Waals surface area contributed by atoms with Gasteiger partial charge in [0.15, 0.2) is 6.61 Å². The summed E-state index contributed by atoms with van der Waals surface area (Å²) in [5.41, 5.74) is 1.84. The number of rotatable bonds is 5. The normalized spacial score (nSPS) is 21.9. The second-order valence-corrected chi connectivity index (χ2v) is 8.02. The summed E-state index contributed by atoms with van der Waals surface area (Å²) >= 11 is 11.9. The Morgan fingerprint density at radius 3 is 2.48 bits per heavy atom. The summed E-state index contributed by atoms with van der Waals surface area (Å²) in [6.07, 6.45) is 0.332. The van der Waals surface area contributed by atoms with Crippen LogP contribution in [0.1, 0.15) is 44.2 Å². The van der Waals surface area contributed by atoms with E-state index in [0.717, 1.165) is 16.8 Å². The Morgan fingerprint density at radius 1 is 1.35 bits per heavy atom. The lowest BCUT2D eigenvalue weighted by atomic mass is 9.98. The Kier molecular flexibility index (Phi) is 4.97. The highest BCUT2D eigenvalue weighted by molar-refractivity contribution is 6.53. The van der Waals surface area contributed by atoms with Crippen molar-refractivity contribution in [3.05, 3.63) is 29.3 Å². The zero-order valence-electron chi connectivity index (χ0n) is 13.7. The fourth-order valence-corrected chi connectivity index (χ4v) is 3.12. The fraction of sp³-hybridized carbons (Fsp3) is 0.529. The molecule has 6 heteroatoms. The lowest BCUT2D eigenvalue weighted by Crippen LogP contribution is -2.27. The summed E-state index contributed by atoms with van der Waals surface area (Å²) in [6, 6.07) is 5.85. The van der Waals surface area contributed by atoms with E-state index in [1.165, 1.54) is 0 Å². The van der Waals surface area contributed by atoms with Gasteiger partial charge in [-0.05, 0) is 30.9 Å². The summed E-state index contributed by atoms with van der Waals surface area (Å²) in [5.74, 6) is -0.661. The van der Waals surface area contributed by atoms with Crippen LogP contribution < -0.4 is 5.32 Å². The molecular formula is C17H21Cl2NO3. The molecule has 1 aliphatic rings. The second-order valence-electron chi connectivity index (χ2n) is 6.53. The number of hydrogen-bond donors (Lipinski definition) is 1. The van der Waals surface area contributed by atoms with Gasteiger partial charge in [0.1, 0.15) is 9.75 Å². The van der Waals surface area contributed by atoms with E-state index in [-0.39, 0.29) is 18.4 Å². The predicted molar refractivity (Wildman–Crippen MR) is 92.0 cm³/mol. The maximum absolute atomic E-state index is 12.1. The van der Waals surface area contributed by atoms with Crippen LogP contribution in [0.4, 0.5) is 5.69 Å². The Labute approximate surface area is 146 Å². The molecule has 0 aliphatic heterocycles. The van der Waals surface area contributed by atoms with Crippen LogP contribution in [0.15, 0.2) is 18.2 Å². The molecule has 0 spiro atoms. The van der Waals surface area contributed by atoms with Crippen molar-refractivity contribution >= 4 is 40.8 Å². The van der Waals surface area contributed by atoms with Gasteiger partial charge in [0, 0.05) is 12.1 Å². The Bertz CT molecular complexity index is 643. The van der Waals surface area contributed by atoms with E-state index in [1.807, 2.05) is 25.1 Å². The first kappa shape index (κ1) is 18.1. The van der Waals surface area contributed by atoms with Crippen LogP contribution in [0.3, 0.4) is 0 Å².